The predicted molar refractivity (Wildman–Crippen MR) is 71.1 cm³/mol. The van der Waals surface area contributed by atoms with Gasteiger partial charge in [-0.25, -0.2) is 0 Å². The van der Waals surface area contributed by atoms with Gasteiger partial charge in [0.15, 0.2) is 0 Å². The third kappa shape index (κ3) is 3.08. The van der Waals surface area contributed by atoms with Crippen LogP contribution < -0.4 is 5.32 Å². The number of hydrogen-bond acceptors (Lipinski definition) is 2. The van der Waals surface area contributed by atoms with Crippen molar-refractivity contribution in [3.8, 4) is 0 Å². The summed E-state index contributed by atoms with van der Waals surface area (Å²) in [5, 5.41) is 3.62. The van der Waals surface area contributed by atoms with Gasteiger partial charge in [0, 0.05) is 12.6 Å². The van der Waals surface area contributed by atoms with Crippen molar-refractivity contribution in [2.75, 3.05) is 13.2 Å². The summed E-state index contributed by atoms with van der Waals surface area (Å²) in [6.07, 6.45) is 3.39. The summed E-state index contributed by atoms with van der Waals surface area (Å²) in [5.74, 6) is 0. The van der Waals surface area contributed by atoms with Crippen LogP contribution >= 0.6 is 0 Å². The maximum absolute atomic E-state index is 6.02. The standard InChI is InChI=1S/C15H23NO/c1-3-10-16-14-9-11-17-15(2,12-14)13-7-5-4-6-8-13/h4-8,14,16H,3,9-12H2,1-2H3. The minimum Gasteiger partial charge on any atom is -0.370 e. The molecule has 0 aromatic heterocycles. The van der Waals surface area contributed by atoms with Crippen LogP contribution in [-0.4, -0.2) is 19.2 Å². The summed E-state index contributed by atoms with van der Waals surface area (Å²) in [7, 11) is 0. The second-order valence-corrected chi connectivity index (χ2v) is 5.09. The molecule has 0 radical (unpaired) electrons. The lowest BCUT2D eigenvalue weighted by Crippen LogP contribution is -2.44. The van der Waals surface area contributed by atoms with E-state index >= 15 is 0 Å². The zero-order valence-electron chi connectivity index (χ0n) is 10.9. The minimum absolute atomic E-state index is 0.120. The lowest BCUT2D eigenvalue weighted by atomic mass is 9.86. The molecule has 0 bridgehead atoms. The van der Waals surface area contributed by atoms with Crippen LogP contribution in [-0.2, 0) is 10.3 Å². The van der Waals surface area contributed by atoms with Crippen LogP contribution in [0.3, 0.4) is 0 Å². The highest BCUT2D eigenvalue weighted by molar-refractivity contribution is 5.22. The SMILES string of the molecule is CCCNC1CCOC(C)(c2ccccc2)C1. The molecule has 2 rings (SSSR count). The number of rotatable bonds is 4. The molecule has 2 atom stereocenters. The maximum atomic E-state index is 6.02. The fraction of sp³-hybridized carbons (Fsp3) is 0.600. The molecule has 1 fully saturated rings. The van der Waals surface area contributed by atoms with E-state index < -0.39 is 0 Å². The van der Waals surface area contributed by atoms with Crippen molar-refractivity contribution in [1.29, 1.82) is 0 Å². The van der Waals surface area contributed by atoms with Gasteiger partial charge in [0.1, 0.15) is 0 Å². The van der Waals surface area contributed by atoms with Crippen molar-refractivity contribution in [3.63, 3.8) is 0 Å². The highest BCUT2D eigenvalue weighted by atomic mass is 16.5. The summed E-state index contributed by atoms with van der Waals surface area (Å²) in [4.78, 5) is 0. The zero-order chi connectivity index (χ0) is 12.1. The zero-order valence-corrected chi connectivity index (χ0v) is 10.9. The predicted octanol–water partition coefficient (Wildman–Crippen LogP) is 3.08. The van der Waals surface area contributed by atoms with Gasteiger partial charge in [-0.1, -0.05) is 37.3 Å². The summed E-state index contributed by atoms with van der Waals surface area (Å²) < 4.78 is 6.02. The number of nitrogens with one attached hydrogen (secondary N) is 1. The van der Waals surface area contributed by atoms with Crippen LogP contribution in [0.15, 0.2) is 30.3 Å². The van der Waals surface area contributed by atoms with Gasteiger partial charge in [0.25, 0.3) is 0 Å². The van der Waals surface area contributed by atoms with Crippen LogP contribution in [0, 0.1) is 0 Å². The Bertz CT molecular complexity index is 338. The van der Waals surface area contributed by atoms with E-state index in [9.17, 15) is 0 Å². The molecule has 2 nitrogen and oxygen atoms in total. The van der Waals surface area contributed by atoms with E-state index in [2.05, 4.69) is 49.5 Å². The third-order valence-electron chi connectivity index (χ3n) is 3.59. The van der Waals surface area contributed by atoms with Gasteiger partial charge in [-0.05, 0) is 38.3 Å². The largest absolute Gasteiger partial charge is 0.370 e. The fourth-order valence-electron chi connectivity index (χ4n) is 2.57. The van der Waals surface area contributed by atoms with E-state index in [1.807, 2.05) is 0 Å². The lowest BCUT2D eigenvalue weighted by molar-refractivity contribution is -0.0812. The summed E-state index contributed by atoms with van der Waals surface area (Å²) in [6.45, 7) is 6.38. The molecular weight excluding hydrogens is 210 g/mol. The van der Waals surface area contributed by atoms with Gasteiger partial charge < -0.3 is 10.1 Å². The Balaban J connectivity index is 2.04. The quantitative estimate of drug-likeness (QED) is 0.863. The van der Waals surface area contributed by atoms with Crippen molar-refractivity contribution in [2.45, 2.75) is 44.8 Å². The molecule has 0 spiro atoms. The molecule has 1 aliphatic rings. The van der Waals surface area contributed by atoms with Gasteiger partial charge >= 0.3 is 0 Å². The van der Waals surface area contributed by atoms with Gasteiger partial charge in [0.05, 0.1) is 5.60 Å². The molecule has 17 heavy (non-hydrogen) atoms. The molecule has 2 unspecified atom stereocenters. The maximum Gasteiger partial charge on any atom is 0.0918 e. The first kappa shape index (κ1) is 12.6. The highest BCUT2D eigenvalue weighted by Crippen LogP contribution is 2.34. The normalized spacial score (nSPS) is 29.2. The molecule has 94 valence electrons. The van der Waals surface area contributed by atoms with E-state index in [-0.39, 0.29) is 5.60 Å². The molecule has 0 aliphatic carbocycles. The Morgan fingerprint density at radius 1 is 1.35 bits per heavy atom. The minimum atomic E-state index is -0.120. The van der Waals surface area contributed by atoms with Gasteiger partial charge in [0.2, 0.25) is 0 Å². The van der Waals surface area contributed by atoms with E-state index in [0.717, 1.165) is 26.0 Å². The van der Waals surface area contributed by atoms with Crippen molar-refractivity contribution < 1.29 is 4.74 Å². The van der Waals surface area contributed by atoms with E-state index in [0.29, 0.717) is 6.04 Å². The van der Waals surface area contributed by atoms with Crippen LogP contribution in [0.5, 0.6) is 0 Å². The van der Waals surface area contributed by atoms with E-state index in [1.165, 1.54) is 12.0 Å². The summed E-state index contributed by atoms with van der Waals surface area (Å²) in [5.41, 5.74) is 1.17. The Morgan fingerprint density at radius 2 is 2.12 bits per heavy atom. The topological polar surface area (TPSA) is 21.3 Å². The van der Waals surface area contributed by atoms with Crippen LogP contribution in [0.2, 0.25) is 0 Å². The summed E-state index contributed by atoms with van der Waals surface area (Å²) >= 11 is 0. The molecular formula is C15H23NO. The molecule has 1 saturated heterocycles. The van der Waals surface area contributed by atoms with Crippen LogP contribution in [0.25, 0.3) is 0 Å². The number of ether oxygens (including phenoxy) is 1. The molecule has 2 heteroatoms. The van der Waals surface area contributed by atoms with Crippen molar-refractivity contribution in [3.05, 3.63) is 35.9 Å². The van der Waals surface area contributed by atoms with Gasteiger partial charge in [-0.2, -0.15) is 0 Å². The van der Waals surface area contributed by atoms with Crippen molar-refractivity contribution >= 4 is 0 Å². The highest BCUT2D eigenvalue weighted by Gasteiger charge is 2.34. The second-order valence-electron chi connectivity index (χ2n) is 5.09. The van der Waals surface area contributed by atoms with Crippen molar-refractivity contribution in [2.24, 2.45) is 0 Å². The Hall–Kier alpha value is -0.860. The molecule has 1 aromatic rings. The average Bonchev–Trinajstić information content (AvgIpc) is 2.38. The molecule has 1 aromatic carbocycles. The molecule has 1 N–H and O–H groups in total. The first-order valence-corrected chi connectivity index (χ1v) is 6.67. The van der Waals surface area contributed by atoms with Gasteiger partial charge in [-0.3, -0.25) is 0 Å². The first-order valence-electron chi connectivity index (χ1n) is 6.67. The Morgan fingerprint density at radius 3 is 2.82 bits per heavy atom. The van der Waals surface area contributed by atoms with Crippen LogP contribution in [0.1, 0.15) is 38.7 Å². The fourth-order valence-corrected chi connectivity index (χ4v) is 2.57. The second kappa shape index (κ2) is 5.65. The van der Waals surface area contributed by atoms with Crippen molar-refractivity contribution in [1.82, 2.24) is 5.32 Å². The number of hydrogen-bond donors (Lipinski definition) is 1. The molecule has 1 aliphatic heterocycles. The Kier molecular flexibility index (Phi) is 4.19. The first-order chi connectivity index (χ1) is 8.24. The number of benzene rings is 1. The molecule has 0 saturated carbocycles. The van der Waals surface area contributed by atoms with E-state index in [1.54, 1.807) is 0 Å². The van der Waals surface area contributed by atoms with E-state index in [4.69, 9.17) is 4.74 Å². The summed E-state index contributed by atoms with van der Waals surface area (Å²) in [6, 6.07) is 11.2. The Labute approximate surface area is 104 Å². The van der Waals surface area contributed by atoms with Gasteiger partial charge in [-0.15, -0.1) is 0 Å². The molecule has 0 amide bonds. The molecule has 1 heterocycles. The average molecular weight is 233 g/mol. The third-order valence-corrected chi connectivity index (χ3v) is 3.59. The smallest absolute Gasteiger partial charge is 0.0918 e. The lowest BCUT2D eigenvalue weighted by Gasteiger charge is -2.39. The monoisotopic (exact) mass is 233 g/mol. The van der Waals surface area contributed by atoms with Crippen LogP contribution in [0.4, 0.5) is 0 Å².